The number of carbonyl (C=O) groups excluding carboxylic acids is 1. The molecule has 25 heavy (non-hydrogen) atoms. The lowest BCUT2D eigenvalue weighted by Crippen LogP contribution is -2.48. The van der Waals surface area contributed by atoms with Crippen LogP contribution < -0.4 is 5.56 Å². The Labute approximate surface area is 147 Å². The maximum absolute atomic E-state index is 12.9. The third-order valence-corrected chi connectivity index (χ3v) is 5.00. The van der Waals surface area contributed by atoms with Gasteiger partial charge in [-0.15, -0.1) is 0 Å². The molecule has 1 fully saturated rings. The number of amides is 1. The second kappa shape index (κ2) is 7.66. The van der Waals surface area contributed by atoms with Crippen molar-refractivity contribution in [1.29, 1.82) is 0 Å². The van der Waals surface area contributed by atoms with Gasteiger partial charge < -0.3 is 14.2 Å². The summed E-state index contributed by atoms with van der Waals surface area (Å²) in [5, 5.41) is 0. The molecule has 1 saturated heterocycles. The number of benzene rings is 1. The number of carbonyl (C=O) groups is 1. The monoisotopic (exact) mass is 340 g/mol. The summed E-state index contributed by atoms with van der Waals surface area (Å²) in [6, 6.07) is 15.1. The molecule has 132 valence electrons. The zero-order valence-corrected chi connectivity index (χ0v) is 14.7. The average molecular weight is 340 g/mol. The number of pyridine rings is 1. The lowest BCUT2D eigenvalue weighted by molar-refractivity contribution is -0.00331. The summed E-state index contributed by atoms with van der Waals surface area (Å²) >= 11 is 0. The number of aromatic nitrogens is 1. The van der Waals surface area contributed by atoms with Crippen LogP contribution in [-0.4, -0.2) is 41.7 Å². The Hall–Kier alpha value is -2.40. The van der Waals surface area contributed by atoms with Gasteiger partial charge in [-0.05, 0) is 24.5 Å². The van der Waals surface area contributed by atoms with Gasteiger partial charge in [0.25, 0.3) is 11.5 Å². The number of nitrogens with zero attached hydrogens (tertiary/aromatic N) is 2. The molecule has 5 heteroatoms. The fraction of sp³-hybridized carbons (Fsp3) is 0.400. The molecule has 2 atom stereocenters. The van der Waals surface area contributed by atoms with E-state index >= 15 is 0 Å². The average Bonchev–Trinajstić information content (AvgIpc) is 2.64. The van der Waals surface area contributed by atoms with E-state index in [4.69, 9.17) is 4.74 Å². The smallest absolute Gasteiger partial charge is 0.270 e. The van der Waals surface area contributed by atoms with Crippen molar-refractivity contribution in [3.63, 3.8) is 0 Å². The van der Waals surface area contributed by atoms with Crippen LogP contribution in [0.5, 0.6) is 0 Å². The van der Waals surface area contributed by atoms with Crippen LogP contribution >= 0.6 is 0 Å². The van der Waals surface area contributed by atoms with Crippen molar-refractivity contribution >= 4 is 5.91 Å². The second-order valence-electron chi connectivity index (χ2n) is 6.57. The van der Waals surface area contributed by atoms with Crippen molar-refractivity contribution < 1.29 is 9.53 Å². The zero-order chi connectivity index (χ0) is 17.8. The van der Waals surface area contributed by atoms with Crippen molar-refractivity contribution in [3.8, 4) is 0 Å². The molecule has 1 aliphatic heterocycles. The minimum atomic E-state index is -0.168. The highest BCUT2D eigenvalue weighted by atomic mass is 16.5. The zero-order valence-electron chi connectivity index (χ0n) is 14.7. The van der Waals surface area contributed by atoms with Gasteiger partial charge in [0.05, 0.1) is 6.10 Å². The highest BCUT2D eigenvalue weighted by Gasteiger charge is 2.32. The van der Waals surface area contributed by atoms with Crippen LogP contribution in [0.15, 0.2) is 53.3 Å². The molecule has 2 aromatic rings. The molecule has 0 unspecified atom stereocenters. The van der Waals surface area contributed by atoms with Gasteiger partial charge in [-0.3, -0.25) is 9.59 Å². The molecule has 3 rings (SSSR count). The number of hydrogen-bond donors (Lipinski definition) is 0. The molecule has 0 saturated carbocycles. The molecule has 0 radical (unpaired) electrons. The summed E-state index contributed by atoms with van der Waals surface area (Å²) in [6.45, 7) is 1.28. The van der Waals surface area contributed by atoms with E-state index in [1.54, 1.807) is 26.3 Å². The minimum Gasteiger partial charge on any atom is -0.381 e. The summed E-state index contributed by atoms with van der Waals surface area (Å²) in [6.07, 6.45) is 1.82. The first-order valence-electron chi connectivity index (χ1n) is 8.62. The Morgan fingerprint density at radius 1 is 1.16 bits per heavy atom. The van der Waals surface area contributed by atoms with Crippen LogP contribution in [-0.2, 0) is 18.2 Å². The quantitative estimate of drug-likeness (QED) is 0.856. The van der Waals surface area contributed by atoms with Crippen molar-refractivity contribution in [3.05, 3.63) is 70.1 Å². The maximum atomic E-state index is 12.9. The first-order valence-corrected chi connectivity index (χ1v) is 8.62. The molecule has 1 aromatic carbocycles. The van der Waals surface area contributed by atoms with E-state index in [9.17, 15) is 9.59 Å². The third-order valence-electron chi connectivity index (χ3n) is 5.00. The van der Waals surface area contributed by atoms with Crippen LogP contribution in [0.3, 0.4) is 0 Å². The lowest BCUT2D eigenvalue weighted by atomic mass is 9.88. The SMILES string of the molecule is CO[C@H]1CCN(C(=O)c2cccc(=O)n2C)C[C@H]1Cc1ccccc1. The molecular formula is C20H24N2O3. The molecule has 1 aliphatic rings. The Kier molecular flexibility index (Phi) is 5.34. The molecule has 5 nitrogen and oxygen atoms in total. The van der Waals surface area contributed by atoms with E-state index in [0.717, 1.165) is 12.8 Å². The van der Waals surface area contributed by atoms with Crippen molar-refractivity contribution in [1.82, 2.24) is 9.47 Å². The number of ether oxygens (including phenoxy) is 1. The number of hydrogen-bond acceptors (Lipinski definition) is 3. The van der Waals surface area contributed by atoms with Crippen LogP contribution in [0.25, 0.3) is 0 Å². The molecule has 1 aromatic heterocycles. The third kappa shape index (κ3) is 3.82. The number of methoxy groups -OCH3 is 1. The summed E-state index contributed by atoms with van der Waals surface area (Å²) < 4.78 is 7.07. The maximum Gasteiger partial charge on any atom is 0.270 e. The van der Waals surface area contributed by atoms with Crippen molar-refractivity contribution in [2.24, 2.45) is 13.0 Å². The highest BCUT2D eigenvalue weighted by molar-refractivity contribution is 5.92. The van der Waals surface area contributed by atoms with Gasteiger partial charge in [0.1, 0.15) is 5.69 Å². The van der Waals surface area contributed by atoms with Gasteiger partial charge in [0.2, 0.25) is 0 Å². The van der Waals surface area contributed by atoms with Gasteiger partial charge in [-0.25, -0.2) is 0 Å². The number of piperidine rings is 1. The van der Waals surface area contributed by atoms with E-state index in [-0.39, 0.29) is 23.5 Å². The van der Waals surface area contributed by atoms with Crippen LogP contribution in [0.2, 0.25) is 0 Å². The number of likely N-dealkylation sites (tertiary alicyclic amines) is 1. The van der Waals surface area contributed by atoms with Gasteiger partial charge >= 0.3 is 0 Å². The fourth-order valence-electron chi connectivity index (χ4n) is 3.56. The summed E-state index contributed by atoms with van der Waals surface area (Å²) in [4.78, 5) is 26.5. The normalized spacial score (nSPS) is 20.5. The first kappa shape index (κ1) is 17.4. The molecule has 0 bridgehead atoms. The molecule has 2 heterocycles. The molecule has 0 aliphatic carbocycles. The Morgan fingerprint density at radius 3 is 2.64 bits per heavy atom. The first-order chi connectivity index (χ1) is 12.1. The van der Waals surface area contributed by atoms with Gasteiger partial charge in [-0.2, -0.15) is 0 Å². The highest BCUT2D eigenvalue weighted by Crippen LogP contribution is 2.24. The molecular weight excluding hydrogens is 316 g/mol. The molecule has 0 spiro atoms. The van der Waals surface area contributed by atoms with Gasteiger partial charge in [0, 0.05) is 39.2 Å². The van der Waals surface area contributed by atoms with E-state index in [1.807, 2.05) is 23.1 Å². The second-order valence-corrected chi connectivity index (χ2v) is 6.57. The van der Waals surface area contributed by atoms with E-state index in [2.05, 4.69) is 12.1 Å². The molecule has 0 N–H and O–H groups in total. The summed E-state index contributed by atoms with van der Waals surface area (Å²) in [5.74, 6) is 0.152. The van der Waals surface area contributed by atoms with Crippen LogP contribution in [0.1, 0.15) is 22.5 Å². The predicted octanol–water partition coefficient (Wildman–Crippen LogP) is 2.11. The number of rotatable bonds is 4. The lowest BCUT2D eigenvalue weighted by Gasteiger charge is -2.38. The van der Waals surface area contributed by atoms with E-state index < -0.39 is 0 Å². The van der Waals surface area contributed by atoms with Crippen LogP contribution in [0, 0.1) is 5.92 Å². The minimum absolute atomic E-state index is 0.0900. The Balaban J connectivity index is 1.78. The fourth-order valence-corrected chi connectivity index (χ4v) is 3.56. The largest absolute Gasteiger partial charge is 0.381 e. The summed E-state index contributed by atoms with van der Waals surface area (Å²) in [7, 11) is 3.37. The Morgan fingerprint density at radius 2 is 1.92 bits per heavy atom. The standard InChI is InChI=1S/C20H24N2O3/c1-21-17(9-6-10-19(21)23)20(24)22-12-11-18(25-2)16(14-22)13-15-7-4-3-5-8-15/h3-10,16,18H,11-14H2,1-2H3/t16-,18+/m1/s1. The summed E-state index contributed by atoms with van der Waals surface area (Å²) in [5.41, 5.74) is 1.51. The van der Waals surface area contributed by atoms with Gasteiger partial charge in [0.15, 0.2) is 0 Å². The predicted molar refractivity (Wildman–Crippen MR) is 96.6 cm³/mol. The topological polar surface area (TPSA) is 51.5 Å². The van der Waals surface area contributed by atoms with E-state index in [1.165, 1.54) is 16.2 Å². The van der Waals surface area contributed by atoms with E-state index in [0.29, 0.717) is 18.8 Å². The molecule has 1 amide bonds. The van der Waals surface area contributed by atoms with Crippen molar-refractivity contribution in [2.45, 2.75) is 18.9 Å². The van der Waals surface area contributed by atoms with Crippen molar-refractivity contribution in [2.75, 3.05) is 20.2 Å². The van der Waals surface area contributed by atoms with Gasteiger partial charge in [-0.1, -0.05) is 36.4 Å². The Bertz CT molecular complexity index is 785. The van der Waals surface area contributed by atoms with Crippen LogP contribution in [0.4, 0.5) is 0 Å².